The summed E-state index contributed by atoms with van der Waals surface area (Å²) in [7, 11) is 0. The Labute approximate surface area is 151 Å². The van der Waals surface area contributed by atoms with Gasteiger partial charge in [0.2, 0.25) is 0 Å². The molecule has 2 atom stereocenters. The van der Waals surface area contributed by atoms with E-state index < -0.39 is 0 Å². The second-order valence-electron chi connectivity index (χ2n) is 7.21. The number of aryl methyl sites for hydroxylation is 2. The highest BCUT2D eigenvalue weighted by molar-refractivity contribution is 5.59. The monoisotopic (exact) mass is 339 g/mol. The van der Waals surface area contributed by atoms with Crippen LogP contribution in [0.5, 0.6) is 0 Å². The fraction of sp³-hybridized carbons (Fsp3) is 0.524. The van der Waals surface area contributed by atoms with Gasteiger partial charge in [-0.1, -0.05) is 31.2 Å². The molecule has 1 aromatic carbocycles. The Hall–Kier alpha value is -1.78. The molecule has 0 aliphatic carbocycles. The van der Waals surface area contributed by atoms with Crippen molar-refractivity contribution in [1.29, 1.82) is 0 Å². The lowest BCUT2D eigenvalue weighted by Gasteiger charge is -2.35. The van der Waals surface area contributed by atoms with Gasteiger partial charge in [0.1, 0.15) is 5.82 Å². The number of rotatable bonds is 5. The Bertz CT molecular complexity index is 689. The van der Waals surface area contributed by atoms with Gasteiger partial charge in [-0.25, -0.2) is 9.97 Å². The van der Waals surface area contributed by atoms with Gasteiger partial charge in [0.15, 0.2) is 0 Å². The van der Waals surface area contributed by atoms with Gasteiger partial charge < -0.3 is 4.74 Å². The van der Waals surface area contributed by atoms with Crippen molar-refractivity contribution in [2.75, 3.05) is 13.1 Å². The molecule has 1 aromatic heterocycles. The van der Waals surface area contributed by atoms with Crippen molar-refractivity contribution in [3.05, 3.63) is 47.4 Å². The topological polar surface area (TPSA) is 38.2 Å². The number of nitrogens with zero attached hydrogens (tertiary/aromatic N) is 3. The molecule has 2 aromatic rings. The maximum atomic E-state index is 5.82. The summed E-state index contributed by atoms with van der Waals surface area (Å²) in [5.74, 6) is 0.942. The molecule has 0 amide bonds. The van der Waals surface area contributed by atoms with Gasteiger partial charge in [-0.3, -0.25) is 4.90 Å². The first-order valence-electron chi connectivity index (χ1n) is 9.35. The van der Waals surface area contributed by atoms with E-state index in [1.165, 1.54) is 5.56 Å². The predicted octanol–water partition coefficient (Wildman–Crippen LogP) is 4.01. The smallest absolute Gasteiger partial charge is 0.129 e. The van der Waals surface area contributed by atoms with E-state index in [0.717, 1.165) is 55.3 Å². The molecule has 4 heteroatoms. The minimum Gasteiger partial charge on any atom is -0.373 e. The fourth-order valence-corrected chi connectivity index (χ4v) is 3.57. The molecule has 134 valence electrons. The van der Waals surface area contributed by atoms with Crippen molar-refractivity contribution in [3.63, 3.8) is 0 Å². The van der Waals surface area contributed by atoms with Crippen molar-refractivity contribution in [2.24, 2.45) is 0 Å². The van der Waals surface area contributed by atoms with Crippen LogP contribution in [0.2, 0.25) is 0 Å². The zero-order valence-corrected chi connectivity index (χ0v) is 15.8. The third-order valence-electron chi connectivity index (χ3n) is 4.53. The molecular formula is C21H29N3O. The zero-order valence-electron chi connectivity index (χ0n) is 15.8. The van der Waals surface area contributed by atoms with Gasteiger partial charge >= 0.3 is 0 Å². The third kappa shape index (κ3) is 4.86. The van der Waals surface area contributed by atoms with E-state index in [9.17, 15) is 0 Å². The molecule has 25 heavy (non-hydrogen) atoms. The molecule has 0 saturated carbocycles. The van der Waals surface area contributed by atoms with Crippen LogP contribution in [-0.4, -0.2) is 40.2 Å². The van der Waals surface area contributed by atoms with Crippen LogP contribution in [0.25, 0.3) is 11.3 Å². The summed E-state index contributed by atoms with van der Waals surface area (Å²) in [4.78, 5) is 11.7. The van der Waals surface area contributed by atoms with E-state index in [1.54, 1.807) is 0 Å². The SMILES string of the molecule is CCCc1nc(C)cc(-c2ccc(CN3C[C@@H](C)O[C@@H](C)C3)cc2)n1. The molecule has 3 rings (SSSR count). The molecule has 2 heterocycles. The molecule has 1 aliphatic rings. The Balaban J connectivity index is 1.72. The number of hydrogen-bond acceptors (Lipinski definition) is 4. The highest BCUT2D eigenvalue weighted by Crippen LogP contribution is 2.21. The number of benzene rings is 1. The second-order valence-corrected chi connectivity index (χ2v) is 7.21. The molecular weight excluding hydrogens is 310 g/mol. The minimum atomic E-state index is 0.309. The molecule has 0 bridgehead atoms. The second kappa shape index (κ2) is 8.07. The zero-order chi connectivity index (χ0) is 17.8. The largest absolute Gasteiger partial charge is 0.373 e. The Morgan fingerprint density at radius 3 is 2.40 bits per heavy atom. The average Bonchev–Trinajstić information content (AvgIpc) is 2.54. The lowest BCUT2D eigenvalue weighted by Crippen LogP contribution is -2.44. The van der Waals surface area contributed by atoms with E-state index in [1.807, 2.05) is 6.92 Å². The Morgan fingerprint density at radius 1 is 1.08 bits per heavy atom. The number of ether oxygens (including phenoxy) is 1. The summed E-state index contributed by atoms with van der Waals surface area (Å²) in [6.07, 6.45) is 2.62. The summed E-state index contributed by atoms with van der Waals surface area (Å²) in [5, 5.41) is 0. The van der Waals surface area contributed by atoms with Crippen LogP contribution >= 0.6 is 0 Å². The van der Waals surface area contributed by atoms with E-state index in [0.29, 0.717) is 12.2 Å². The van der Waals surface area contributed by atoms with Crippen LogP contribution in [0.15, 0.2) is 30.3 Å². The summed E-state index contributed by atoms with van der Waals surface area (Å²) < 4.78 is 5.82. The fourth-order valence-electron chi connectivity index (χ4n) is 3.57. The van der Waals surface area contributed by atoms with Crippen molar-refractivity contribution >= 4 is 0 Å². The van der Waals surface area contributed by atoms with Crippen LogP contribution in [0, 0.1) is 6.92 Å². The van der Waals surface area contributed by atoms with Gasteiger partial charge in [0, 0.05) is 37.3 Å². The summed E-state index contributed by atoms with van der Waals surface area (Å²) in [6, 6.07) is 10.9. The van der Waals surface area contributed by atoms with Crippen molar-refractivity contribution in [2.45, 2.75) is 59.3 Å². The Morgan fingerprint density at radius 2 is 1.76 bits per heavy atom. The van der Waals surface area contributed by atoms with Gasteiger partial charge in [0.05, 0.1) is 17.9 Å². The van der Waals surface area contributed by atoms with E-state index in [4.69, 9.17) is 9.72 Å². The van der Waals surface area contributed by atoms with Gasteiger partial charge in [-0.2, -0.15) is 0 Å². The highest BCUT2D eigenvalue weighted by Gasteiger charge is 2.21. The van der Waals surface area contributed by atoms with E-state index >= 15 is 0 Å². The average molecular weight is 339 g/mol. The van der Waals surface area contributed by atoms with Gasteiger partial charge in [-0.15, -0.1) is 0 Å². The standard InChI is InChI=1S/C21H29N3O/c1-5-6-21-22-15(2)11-20(23-21)19-9-7-18(8-10-19)14-24-12-16(3)25-17(4)13-24/h7-11,16-17H,5-6,12-14H2,1-4H3/t16-,17+. The normalized spacial score (nSPS) is 21.4. The van der Waals surface area contributed by atoms with Crippen molar-refractivity contribution in [1.82, 2.24) is 14.9 Å². The lowest BCUT2D eigenvalue weighted by atomic mass is 10.1. The maximum Gasteiger partial charge on any atom is 0.129 e. The number of morpholine rings is 1. The molecule has 0 spiro atoms. The molecule has 1 aliphatic heterocycles. The highest BCUT2D eigenvalue weighted by atomic mass is 16.5. The minimum absolute atomic E-state index is 0.309. The first kappa shape index (κ1) is 18.0. The molecule has 1 fully saturated rings. The Kier molecular flexibility index (Phi) is 5.82. The molecule has 0 unspecified atom stereocenters. The van der Waals surface area contributed by atoms with Crippen LogP contribution in [0.4, 0.5) is 0 Å². The van der Waals surface area contributed by atoms with Crippen molar-refractivity contribution in [3.8, 4) is 11.3 Å². The first-order chi connectivity index (χ1) is 12.0. The number of hydrogen-bond donors (Lipinski definition) is 0. The quantitative estimate of drug-likeness (QED) is 0.825. The van der Waals surface area contributed by atoms with Crippen LogP contribution in [0.1, 0.15) is 44.3 Å². The summed E-state index contributed by atoms with van der Waals surface area (Å²) in [6.45, 7) is 11.5. The first-order valence-corrected chi connectivity index (χ1v) is 9.35. The van der Waals surface area contributed by atoms with Crippen LogP contribution in [0.3, 0.4) is 0 Å². The van der Waals surface area contributed by atoms with E-state index in [2.05, 4.69) is 61.0 Å². The summed E-state index contributed by atoms with van der Waals surface area (Å²) >= 11 is 0. The lowest BCUT2D eigenvalue weighted by molar-refractivity contribution is -0.0704. The third-order valence-corrected chi connectivity index (χ3v) is 4.53. The van der Waals surface area contributed by atoms with Crippen molar-refractivity contribution < 1.29 is 4.74 Å². The number of aromatic nitrogens is 2. The molecule has 1 saturated heterocycles. The van der Waals surface area contributed by atoms with Gasteiger partial charge in [-0.05, 0) is 38.8 Å². The molecule has 0 radical (unpaired) electrons. The van der Waals surface area contributed by atoms with Gasteiger partial charge in [0.25, 0.3) is 0 Å². The van der Waals surface area contributed by atoms with Crippen LogP contribution < -0.4 is 0 Å². The maximum absolute atomic E-state index is 5.82. The van der Waals surface area contributed by atoms with E-state index in [-0.39, 0.29) is 0 Å². The predicted molar refractivity (Wildman–Crippen MR) is 101 cm³/mol. The molecule has 4 nitrogen and oxygen atoms in total. The molecule has 0 N–H and O–H groups in total. The summed E-state index contributed by atoms with van der Waals surface area (Å²) in [5.41, 5.74) is 4.56. The van der Waals surface area contributed by atoms with Crippen LogP contribution in [-0.2, 0) is 17.7 Å².